The second-order valence-corrected chi connectivity index (χ2v) is 5.70. The van der Waals surface area contributed by atoms with Gasteiger partial charge in [0.1, 0.15) is 5.69 Å². The Morgan fingerprint density at radius 2 is 2.48 bits per heavy atom. The summed E-state index contributed by atoms with van der Waals surface area (Å²) >= 11 is 0. The van der Waals surface area contributed by atoms with E-state index in [0.717, 1.165) is 25.8 Å². The molecule has 2 fully saturated rings. The number of nitrogens with zero attached hydrogens (tertiary/aromatic N) is 3. The summed E-state index contributed by atoms with van der Waals surface area (Å²) in [5.41, 5.74) is 0.157. The van der Waals surface area contributed by atoms with E-state index < -0.39 is 0 Å². The zero-order chi connectivity index (χ0) is 14.7. The first-order valence-corrected chi connectivity index (χ1v) is 7.53. The van der Waals surface area contributed by atoms with Crippen molar-refractivity contribution < 1.29 is 14.3 Å². The summed E-state index contributed by atoms with van der Waals surface area (Å²) in [4.78, 5) is 22.4. The average molecular weight is 291 g/mol. The monoisotopic (exact) mass is 291 g/mol. The van der Waals surface area contributed by atoms with Gasteiger partial charge in [-0.25, -0.2) is 4.98 Å². The molecule has 1 aromatic rings. The topological polar surface area (TPSA) is 64.6 Å². The van der Waals surface area contributed by atoms with Crippen molar-refractivity contribution >= 4 is 5.91 Å². The summed E-state index contributed by atoms with van der Waals surface area (Å²) in [7, 11) is 0. The lowest BCUT2D eigenvalue weighted by Crippen LogP contribution is -2.50. The van der Waals surface area contributed by atoms with E-state index in [1.807, 2.05) is 11.8 Å². The maximum Gasteiger partial charge on any atom is 0.274 e. The van der Waals surface area contributed by atoms with Gasteiger partial charge in [0.05, 0.1) is 31.1 Å². The molecule has 6 nitrogen and oxygen atoms in total. The first-order valence-electron chi connectivity index (χ1n) is 7.53. The molecule has 3 rings (SSSR count). The Balaban J connectivity index is 1.68. The number of piperidine rings is 1. The highest BCUT2D eigenvalue weighted by Crippen LogP contribution is 2.36. The molecule has 3 heterocycles. The van der Waals surface area contributed by atoms with Crippen LogP contribution in [0.25, 0.3) is 0 Å². The Bertz CT molecular complexity index is 496. The Morgan fingerprint density at radius 3 is 3.24 bits per heavy atom. The molecule has 0 aromatic carbocycles. The number of amides is 1. The smallest absolute Gasteiger partial charge is 0.274 e. The summed E-state index contributed by atoms with van der Waals surface area (Å²) in [6.07, 6.45) is 7.59. The van der Waals surface area contributed by atoms with Crippen molar-refractivity contribution in [2.75, 3.05) is 26.3 Å². The number of carbonyl (C=O) groups is 1. The lowest BCUT2D eigenvalue weighted by Gasteiger charge is -2.39. The van der Waals surface area contributed by atoms with E-state index in [4.69, 9.17) is 9.47 Å². The van der Waals surface area contributed by atoms with E-state index in [0.29, 0.717) is 25.5 Å². The first kappa shape index (κ1) is 14.4. The molecule has 1 amide bonds. The van der Waals surface area contributed by atoms with Crippen molar-refractivity contribution in [3.8, 4) is 0 Å². The summed E-state index contributed by atoms with van der Waals surface area (Å²) < 4.78 is 11.7. The van der Waals surface area contributed by atoms with Crippen molar-refractivity contribution in [1.82, 2.24) is 14.9 Å². The van der Waals surface area contributed by atoms with Gasteiger partial charge >= 0.3 is 0 Å². The molecule has 114 valence electrons. The lowest BCUT2D eigenvalue weighted by molar-refractivity contribution is -0.0463. The number of hydrogen-bond donors (Lipinski definition) is 0. The van der Waals surface area contributed by atoms with Gasteiger partial charge in [0.15, 0.2) is 0 Å². The van der Waals surface area contributed by atoms with Crippen LogP contribution in [0.15, 0.2) is 18.6 Å². The number of likely N-dealkylation sites (tertiary alicyclic amines) is 1. The lowest BCUT2D eigenvalue weighted by atomic mass is 9.89. The third-order valence-electron chi connectivity index (χ3n) is 4.19. The minimum absolute atomic E-state index is 0.0642. The van der Waals surface area contributed by atoms with Gasteiger partial charge in [0.2, 0.25) is 0 Å². The fraction of sp³-hybridized carbons (Fsp3) is 0.667. The highest BCUT2D eigenvalue weighted by molar-refractivity contribution is 5.92. The number of hydrogen-bond acceptors (Lipinski definition) is 5. The molecular formula is C15H21N3O3. The molecule has 2 saturated heterocycles. The van der Waals surface area contributed by atoms with Crippen LogP contribution in [-0.2, 0) is 9.47 Å². The van der Waals surface area contributed by atoms with Crippen molar-refractivity contribution in [2.45, 2.75) is 37.9 Å². The Morgan fingerprint density at radius 1 is 1.57 bits per heavy atom. The van der Waals surface area contributed by atoms with Crippen LogP contribution in [0.1, 0.15) is 36.7 Å². The van der Waals surface area contributed by atoms with Crippen LogP contribution in [-0.4, -0.2) is 58.8 Å². The van der Waals surface area contributed by atoms with E-state index in [1.54, 1.807) is 12.4 Å². The van der Waals surface area contributed by atoms with Gasteiger partial charge in [-0.1, -0.05) is 0 Å². The Hall–Kier alpha value is -1.53. The van der Waals surface area contributed by atoms with Crippen molar-refractivity contribution in [2.24, 2.45) is 0 Å². The number of ether oxygens (including phenoxy) is 2. The predicted molar refractivity (Wildman–Crippen MR) is 75.9 cm³/mol. The summed E-state index contributed by atoms with van der Waals surface area (Å²) in [6.45, 7) is 4.69. The minimum atomic E-state index is -0.240. The van der Waals surface area contributed by atoms with E-state index in [-0.39, 0.29) is 17.6 Å². The predicted octanol–water partition coefficient (Wildman–Crippen LogP) is 1.28. The minimum Gasteiger partial charge on any atom is -0.376 e. The quantitative estimate of drug-likeness (QED) is 0.839. The van der Waals surface area contributed by atoms with Gasteiger partial charge in [-0.3, -0.25) is 9.78 Å². The van der Waals surface area contributed by atoms with E-state index in [1.165, 1.54) is 6.20 Å². The van der Waals surface area contributed by atoms with Crippen LogP contribution < -0.4 is 0 Å². The van der Waals surface area contributed by atoms with Crippen LogP contribution in [0.2, 0.25) is 0 Å². The number of carbonyl (C=O) groups excluding carboxylic acids is 1. The molecule has 2 aliphatic rings. The second-order valence-electron chi connectivity index (χ2n) is 5.70. The average Bonchev–Trinajstić information content (AvgIpc) is 2.90. The third kappa shape index (κ3) is 3.06. The summed E-state index contributed by atoms with van der Waals surface area (Å²) in [5, 5.41) is 0. The number of rotatable bonds is 3. The van der Waals surface area contributed by atoms with Gasteiger partial charge in [-0.2, -0.15) is 0 Å². The molecule has 2 atom stereocenters. The molecule has 2 aliphatic heterocycles. The number of aromatic nitrogens is 2. The van der Waals surface area contributed by atoms with E-state index >= 15 is 0 Å². The van der Waals surface area contributed by atoms with Gasteiger partial charge in [0.25, 0.3) is 5.91 Å². The first-order chi connectivity index (χ1) is 10.2. The summed E-state index contributed by atoms with van der Waals surface area (Å²) in [5.74, 6) is -0.0642. The fourth-order valence-electron chi connectivity index (χ4n) is 3.27. The molecule has 0 radical (unpaired) electrons. The molecule has 0 saturated carbocycles. The van der Waals surface area contributed by atoms with Crippen molar-refractivity contribution in [1.29, 1.82) is 0 Å². The summed E-state index contributed by atoms with van der Waals surface area (Å²) in [6, 6.07) is 0. The third-order valence-corrected chi connectivity index (χ3v) is 4.19. The van der Waals surface area contributed by atoms with E-state index in [9.17, 15) is 4.79 Å². The van der Waals surface area contributed by atoms with Crippen LogP contribution in [0.3, 0.4) is 0 Å². The zero-order valence-electron chi connectivity index (χ0n) is 12.3. The Labute approximate surface area is 124 Å². The van der Waals surface area contributed by atoms with Crippen LogP contribution in [0, 0.1) is 0 Å². The molecule has 0 bridgehead atoms. The Kier molecular flexibility index (Phi) is 4.17. The SMILES string of the molecule is CCO[C@@H]1CO[C@@]2(CCCN(C(=O)c3cnccn3)C2)C1. The highest BCUT2D eigenvalue weighted by Gasteiger charge is 2.45. The maximum atomic E-state index is 12.5. The van der Waals surface area contributed by atoms with Gasteiger partial charge in [0, 0.05) is 32.0 Å². The highest BCUT2D eigenvalue weighted by atomic mass is 16.6. The van der Waals surface area contributed by atoms with Crippen LogP contribution in [0.5, 0.6) is 0 Å². The van der Waals surface area contributed by atoms with Gasteiger partial charge in [-0.05, 0) is 19.8 Å². The fourth-order valence-corrected chi connectivity index (χ4v) is 3.27. The molecule has 1 aromatic heterocycles. The maximum absolute atomic E-state index is 12.5. The molecule has 0 N–H and O–H groups in total. The van der Waals surface area contributed by atoms with Crippen LogP contribution >= 0.6 is 0 Å². The van der Waals surface area contributed by atoms with Gasteiger partial charge in [-0.15, -0.1) is 0 Å². The molecule has 21 heavy (non-hydrogen) atoms. The molecule has 0 unspecified atom stereocenters. The van der Waals surface area contributed by atoms with Crippen LogP contribution in [0.4, 0.5) is 0 Å². The molecule has 6 heteroatoms. The van der Waals surface area contributed by atoms with Crippen molar-refractivity contribution in [3.63, 3.8) is 0 Å². The largest absolute Gasteiger partial charge is 0.376 e. The second kappa shape index (κ2) is 6.07. The zero-order valence-corrected chi connectivity index (χ0v) is 12.3. The molecular weight excluding hydrogens is 270 g/mol. The molecule has 1 spiro atoms. The normalized spacial score (nSPS) is 29.0. The standard InChI is InChI=1S/C15H21N3O3/c1-2-20-12-8-15(21-10-12)4-3-7-18(11-15)14(19)13-9-16-5-6-17-13/h5-6,9,12H,2-4,7-8,10-11H2,1H3/t12-,15-/m0/s1. The van der Waals surface area contributed by atoms with Gasteiger partial charge < -0.3 is 14.4 Å². The van der Waals surface area contributed by atoms with E-state index in [2.05, 4.69) is 9.97 Å². The molecule has 0 aliphatic carbocycles. The van der Waals surface area contributed by atoms with Crippen molar-refractivity contribution in [3.05, 3.63) is 24.3 Å².